The standard InChI is InChI=1S/C6H3BS2/c7-6-3-5-4(9-6)1-2-8-5/h1-3H. The van der Waals surface area contributed by atoms with Crippen LogP contribution in [0.4, 0.5) is 0 Å². The molecule has 0 aliphatic carbocycles. The fourth-order valence-electron chi connectivity index (χ4n) is 0.784. The van der Waals surface area contributed by atoms with E-state index in [0.717, 1.165) is 4.78 Å². The molecular weight excluding hydrogens is 147 g/mol. The van der Waals surface area contributed by atoms with E-state index in [1.54, 1.807) is 22.7 Å². The summed E-state index contributed by atoms with van der Waals surface area (Å²) in [5, 5.41) is 2.08. The first-order valence-corrected chi connectivity index (χ1v) is 4.28. The summed E-state index contributed by atoms with van der Waals surface area (Å²) in [6.07, 6.45) is 0. The zero-order valence-corrected chi connectivity index (χ0v) is 6.26. The summed E-state index contributed by atoms with van der Waals surface area (Å²) in [5.74, 6) is 0. The van der Waals surface area contributed by atoms with Gasteiger partial charge in [-0.2, -0.15) is 11.3 Å². The van der Waals surface area contributed by atoms with E-state index in [-0.39, 0.29) is 0 Å². The predicted octanol–water partition coefficient (Wildman–Crippen LogP) is 1.76. The van der Waals surface area contributed by atoms with E-state index < -0.39 is 0 Å². The maximum atomic E-state index is 5.56. The zero-order chi connectivity index (χ0) is 6.27. The minimum absolute atomic E-state index is 0.914. The summed E-state index contributed by atoms with van der Waals surface area (Å²) in [6, 6.07) is 4.12. The summed E-state index contributed by atoms with van der Waals surface area (Å²) in [5.41, 5.74) is 0. The Hall–Kier alpha value is -0.275. The van der Waals surface area contributed by atoms with Crippen molar-refractivity contribution in [3.63, 3.8) is 0 Å². The molecule has 0 amide bonds. The normalized spacial score (nSPS) is 10.7. The molecule has 2 heterocycles. The highest BCUT2D eigenvalue weighted by molar-refractivity contribution is 7.31. The van der Waals surface area contributed by atoms with Crippen LogP contribution in [-0.2, 0) is 0 Å². The van der Waals surface area contributed by atoms with Gasteiger partial charge in [-0.1, -0.05) is 0 Å². The van der Waals surface area contributed by atoms with E-state index in [2.05, 4.69) is 11.4 Å². The van der Waals surface area contributed by atoms with Crippen LogP contribution in [0.3, 0.4) is 0 Å². The summed E-state index contributed by atoms with van der Waals surface area (Å²) in [6.45, 7) is 0. The third kappa shape index (κ3) is 0.806. The Kier molecular flexibility index (Phi) is 1.13. The summed E-state index contributed by atoms with van der Waals surface area (Å²) in [7, 11) is 5.56. The molecule has 0 saturated carbocycles. The molecule has 9 heavy (non-hydrogen) atoms. The summed E-state index contributed by atoms with van der Waals surface area (Å²) < 4.78 is 3.52. The Morgan fingerprint density at radius 2 is 2.22 bits per heavy atom. The molecule has 42 valence electrons. The molecule has 0 aliphatic rings. The maximum absolute atomic E-state index is 5.56. The van der Waals surface area contributed by atoms with Crippen LogP contribution in [0.5, 0.6) is 0 Å². The van der Waals surface area contributed by atoms with Gasteiger partial charge in [-0.05, 0) is 22.3 Å². The third-order valence-corrected chi connectivity index (χ3v) is 3.08. The van der Waals surface area contributed by atoms with E-state index in [1.807, 2.05) is 6.07 Å². The first-order chi connectivity index (χ1) is 4.36. The monoisotopic (exact) mass is 150 g/mol. The van der Waals surface area contributed by atoms with Crippen molar-refractivity contribution in [3.8, 4) is 0 Å². The molecule has 2 aromatic rings. The molecule has 0 spiro atoms. The fraction of sp³-hybridized carbons (Fsp3) is 0. The van der Waals surface area contributed by atoms with Crippen LogP contribution in [0.25, 0.3) is 9.40 Å². The molecule has 0 aliphatic heterocycles. The lowest BCUT2D eigenvalue weighted by atomic mass is 10.1. The molecule has 2 aromatic heterocycles. The largest absolute Gasteiger partial charge is 0.151 e. The van der Waals surface area contributed by atoms with Crippen molar-refractivity contribution in [1.82, 2.24) is 0 Å². The van der Waals surface area contributed by atoms with Crippen molar-refractivity contribution in [2.24, 2.45) is 0 Å². The van der Waals surface area contributed by atoms with Gasteiger partial charge in [-0.25, -0.2) is 0 Å². The second kappa shape index (κ2) is 1.85. The maximum Gasteiger partial charge on any atom is 0.128 e. The molecule has 0 N–H and O–H groups in total. The van der Waals surface area contributed by atoms with Crippen LogP contribution < -0.4 is 4.78 Å². The number of fused-ring (bicyclic) bond motifs is 1. The van der Waals surface area contributed by atoms with Crippen molar-refractivity contribution in [2.75, 3.05) is 0 Å². The topological polar surface area (TPSA) is 0 Å². The molecule has 2 rings (SSSR count). The predicted molar refractivity (Wildman–Crippen MR) is 45.1 cm³/mol. The fourth-order valence-corrected chi connectivity index (χ4v) is 2.67. The first-order valence-electron chi connectivity index (χ1n) is 2.59. The Morgan fingerprint density at radius 3 is 3.00 bits per heavy atom. The molecule has 0 unspecified atom stereocenters. The second-order valence-corrected chi connectivity index (χ2v) is 3.86. The minimum Gasteiger partial charge on any atom is -0.151 e. The molecule has 0 atom stereocenters. The molecule has 0 nitrogen and oxygen atoms in total. The average Bonchev–Trinajstić information content (AvgIpc) is 2.22. The Morgan fingerprint density at radius 1 is 1.33 bits per heavy atom. The van der Waals surface area contributed by atoms with Crippen LogP contribution in [0.1, 0.15) is 0 Å². The van der Waals surface area contributed by atoms with E-state index in [4.69, 9.17) is 7.85 Å². The van der Waals surface area contributed by atoms with E-state index >= 15 is 0 Å². The van der Waals surface area contributed by atoms with Gasteiger partial charge in [0.15, 0.2) is 0 Å². The van der Waals surface area contributed by atoms with Crippen LogP contribution in [0, 0.1) is 0 Å². The van der Waals surface area contributed by atoms with Crippen molar-refractivity contribution in [2.45, 2.75) is 0 Å². The average molecular weight is 150 g/mol. The minimum atomic E-state index is 0.914. The third-order valence-electron chi connectivity index (χ3n) is 1.16. The van der Waals surface area contributed by atoms with Crippen LogP contribution >= 0.6 is 22.7 Å². The Bertz CT molecular complexity index is 292. The highest BCUT2D eigenvalue weighted by atomic mass is 32.1. The highest BCUT2D eigenvalue weighted by Crippen LogP contribution is 2.23. The van der Waals surface area contributed by atoms with E-state index in [1.165, 1.54) is 9.40 Å². The quantitative estimate of drug-likeness (QED) is 0.502. The van der Waals surface area contributed by atoms with Gasteiger partial charge < -0.3 is 0 Å². The highest BCUT2D eigenvalue weighted by Gasteiger charge is 1.95. The Labute approximate surface area is 62.5 Å². The van der Waals surface area contributed by atoms with Crippen molar-refractivity contribution < 1.29 is 0 Å². The van der Waals surface area contributed by atoms with Gasteiger partial charge >= 0.3 is 0 Å². The molecule has 0 fully saturated rings. The van der Waals surface area contributed by atoms with Crippen molar-refractivity contribution in [1.29, 1.82) is 0 Å². The van der Waals surface area contributed by atoms with Crippen LogP contribution in [0.15, 0.2) is 17.5 Å². The van der Waals surface area contributed by atoms with Crippen LogP contribution in [-0.4, -0.2) is 7.85 Å². The molecule has 3 heteroatoms. The lowest BCUT2D eigenvalue weighted by molar-refractivity contribution is 2.25. The SMILES string of the molecule is [B]c1cc2sccc2s1. The molecule has 0 bridgehead atoms. The number of rotatable bonds is 0. The second-order valence-electron chi connectivity index (χ2n) is 1.80. The Balaban J connectivity index is 2.92. The van der Waals surface area contributed by atoms with Crippen LogP contribution in [0.2, 0.25) is 0 Å². The van der Waals surface area contributed by atoms with Gasteiger partial charge in [0.05, 0.1) is 0 Å². The van der Waals surface area contributed by atoms with Gasteiger partial charge in [-0.3, -0.25) is 0 Å². The number of hydrogen-bond donors (Lipinski definition) is 0. The van der Waals surface area contributed by atoms with E-state index in [9.17, 15) is 0 Å². The zero-order valence-electron chi connectivity index (χ0n) is 4.63. The van der Waals surface area contributed by atoms with Gasteiger partial charge in [-0.15, -0.1) is 11.3 Å². The molecule has 0 aromatic carbocycles. The molecule has 2 radical (unpaired) electrons. The summed E-state index contributed by atoms with van der Waals surface area (Å²) >= 11 is 3.39. The lowest BCUT2D eigenvalue weighted by Crippen LogP contribution is -1.88. The number of hydrogen-bond acceptors (Lipinski definition) is 2. The van der Waals surface area contributed by atoms with Crippen molar-refractivity contribution in [3.05, 3.63) is 17.5 Å². The summed E-state index contributed by atoms with van der Waals surface area (Å²) in [4.78, 5) is 0. The van der Waals surface area contributed by atoms with Crippen molar-refractivity contribution >= 4 is 44.7 Å². The van der Waals surface area contributed by atoms with E-state index in [0.29, 0.717) is 0 Å². The molecule has 0 saturated heterocycles. The van der Waals surface area contributed by atoms with Gasteiger partial charge in [0.2, 0.25) is 0 Å². The smallest absolute Gasteiger partial charge is 0.128 e. The van der Waals surface area contributed by atoms with Gasteiger partial charge in [0, 0.05) is 9.40 Å². The lowest BCUT2D eigenvalue weighted by Gasteiger charge is -1.69. The van der Waals surface area contributed by atoms with Gasteiger partial charge in [0.25, 0.3) is 0 Å². The first kappa shape index (κ1) is 5.51. The molecular formula is C6H3BS2. The number of thiophene rings is 2. The van der Waals surface area contributed by atoms with Gasteiger partial charge in [0.1, 0.15) is 7.85 Å².